The van der Waals surface area contributed by atoms with Gasteiger partial charge < -0.3 is 0 Å². The molecule has 9 heteroatoms. The Morgan fingerprint density at radius 2 is 0.596 bits per heavy atom. The van der Waals surface area contributed by atoms with Crippen molar-refractivity contribution in [3.05, 3.63) is 159 Å². The van der Waals surface area contributed by atoms with Gasteiger partial charge in [-0.15, -0.1) is 0 Å². The van der Waals surface area contributed by atoms with Crippen LogP contribution in [0.25, 0.3) is 66.6 Å². The van der Waals surface area contributed by atoms with Gasteiger partial charge in [0.2, 0.25) is 0 Å². The summed E-state index contributed by atoms with van der Waals surface area (Å²) in [6, 6.07) is 39.0. The predicted molar refractivity (Wildman–Crippen MR) is 183 cm³/mol. The minimum Gasteiger partial charge on any atom is -0.255 e. The van der Waals surface area contributed by atoms with E-state index in [4.69, 9.17) is 9.97 Å². The second-order valence-electron chi connectivity index (χ2n) is 10.1. The molecule has 0 saturated carbocycles. The minimum atomic E-state index is 0. The van der Waals surface area contributed by atoms with Crippen molar-refractivity contribution in [2.24, 2.45) is 0 Å². The van der Waals surface area contributed by atoms with Gasteiger partial charge in [-0.2, -0.15) is 0 Å². The molecule has 224 valence electrons. The van der Waals surface area contributed by atoms with Crippen LogP contribution in [0.3, 0.4) is 0 Å². The zero-order valence-corrected chi connectivity index (χ0v) is 26.7. The molecule has 0 amide bonds. The topological polar surface area (TPSA) is 103 Å². The zero-order valence-electron chi connectivity index (χ0n) is 24.9. The molecule has 0 aliphatic heterocycles. The Bertz CT molecular complexity index is 2120. The second-order valence-corrected chi connectivity index (χ2v) is 10.1. The normalized spacial score (nSPS) is 10.4. The van der Waals surface area contributed by atoms with Crippen LogP contribution in [-0.2, 0) is 19.5 Å². The molecule has 9 aromatic rings. The molecule has 0 atom stereocenters. The molecule has 0 aliphatic rings. The minimum absolute atomic E-state index is 0. The van der Waals surface area contributed by atoms with Crippen molar-refractivity contribution in [2.45, 2.75) is 0 Å². The van der Waals surface area contributed by atoms with E-state index in [1.54, 1.807) is 37.2 Å². The summed E-state index contributed by atoms with van der Waals surface area (Å²) in [6.07, 6.45) is 10.6. The Morgan fingerprint density at radius 3 is 0.915 bits per heavy atom. The Morgan fingerprint density at radius 1 is 0.277 bits per heavy atom. The Hall–Kier alpha value is -5.92. The standard InChI is InChI=1S/C18H10N4.2C10H8N2.Ru/c1-2-8-14-13(7-1)21-17-11-5-3-9-19-15(11)16-12(18(17)22-14)6-4-10-20-16;2*1-3-7-11-9(5-1)10-6-2-4-8-12-10;/h1-10H;2*1-8H;/q;;;+2. The van der Waals surface area contributed by atoms with Gasteiger partial charge in [-0.05, 0) is 84.9 Å². The van der Waals surface area contributed by atoms with Gasteiger partial charge in [-0.3, -0.25) is 29.9 Å². The van der Waals surface area contributed by atoms with Crippen molar-refractivity contribution in [1.29, 1.82) is 0 Å². The number of fused-ring (bicyclic) bond motifs is 7. The fourth-order valence-corrected chi connectivity index (χ4v) is 5.00. The van der Waals surface area contributed by atoms with Gasteiger partial charge in [0, 0.05) is 48.0 Å². The van der Waals surface area contributed by atoms with Gasteiger partial charge in [-0.25, -0.2) is 9.97 Å². The molecule has 47 heavy (non-hydrogen) atoms. The number of para-hydroxylation sites is 2. The summed E-state index contributed by atoms with van der Waals surface area (Å²) in [6.45, 7) is 0. The monoisotopic (exact) mass is 696 g/mol. The number of hydrogen-bond donors (Lipinski definition) is 0. The molecule has 0 saturated heterocycles. The fourth-order valence-electron chi connectivity index (χ4n) is 5.00. The van der Waals surface area contributed by atoms with Crippen LogP contribution in [0.5, 0.6) is 0 Å². The van der Waals surface area contributed by atoms with Crippen molar-refractivity contribution in [3.63, 3.8) is 0 Å². The van der Waals surface area contributed by atoms with Gasteiger partial charge in [0.05, 0.1) is 55.9 Å². The van der Waals surface area contributed by atoms with Gasteiger partial charge in [-0.1, -0.05) is 36.4 Å². The number of benzene rings is 2. The van der Waals surface area contributed by atoms with E-state index >= 15 is 0 Å². The smallest absolute Gasteiger partial charge is 0.255 e. The summed E-state index contributed by atoms with van der Waals surface area (Å²) in [5.41, 5.74) is 8.94. The van der Waals surface area contributed by atoms with E-state index in [-0.39, 0.29) is 19.5 Å². The average Bonchev–Trinajstić information content (AvgIpc) is 3.16. The van der Waals surface area contributed by atoms with Crippen molar-refractivity contribution < 1.29 is 19.5 Å². The number of rotatable bonds is 2. The molecule has 7 heterocycles. The molecule has 2 aromatic carbocycles. The van der Waals surface area contributed by atoms with Crippen molar-refractivity contribution in [3.8, 4) is 22.8 Å². The van der Waals surface area contributed by atoms with Crippen molar-refractivity contribution in [2.75, 3.05) is 0 Å². The van der Waals surface area contributed by atoms with Crippen LogP contribution in [0.15, 0.2) is 159 Å². The molecule has 0 N–H and O–H groups in total. The van der Waals surface area contributed by atoms with Crippen molar-refractivity contribution >= 4 is 43.9 Å². The third-order valence-electron chi connectivity index (χ3n) is 7.10. The maximum absolute atomic E-state index is 4.83. The summed E-state index contributed by atoms with van der Waals surface area (Å²) < 4.78 is 0. The number of pyridine rings is 6. The summed E-state index contributed by atoms with van der Waals surface area (Å²) >= 11 is 0. The van der Waals surface area contributed by atoms with Crippen LogP contribution in [0, 0.1) is 0 Å². The molecule has 0 unspecified atom stereocenters. The van der Waals surface area contributed by atoms with Crippen LogP contribution in [0.2, 0.25) is 0 Å². The van der Waals surface area contributed by atoms with Crippen molar-refractivity contribution in [1.82, 2.24) is 39.9 Å². The molecule has 0 fully saturated rings. The molecule has 8 nitrogen and oxygen atoms in total. The first-order valence-corrected chi connectivity index (χ1v) is 14.7. The predicted octanol–water partition coefficient (Wildman–Crippen LogP) is 8.16. The van der Waals surface area contributed by atoms with Gasteiger partial charge in [0.1, 0.15) is 0 Å². The fraction of sp³-hybridized carbons (Fsp3) is 0. The maximum atomic E-state index is 4.83. The zero-order chi connectivity index (χ0) is 31.0. The van der Waals surface area contributed by atoms with E-state index in [0.717, 1.165) is 66.6 Å². The number of nitrogens with zero attached hydrogens (tertiary/aromatic N) is 8. The summed E-state index contributed by atoms with van der Waals surface area (Å²) in [5.74, 6) is 0. The van der Waals surface area contributed by atoms with E-state index in [9.17, 15) is 0 Å². The summed E-state index contributed by atoms with van der Waals surface area (Å²) in [4.78, 5) is 35.4. The Balaban J connectivity index is 0.000000132. The average molecular weight is 696 g/mol. The third kappa shape index (κ3) is 7.01. The molecule has 0 aliphatic carbocycles. The largest absolute Gasteiger partial charge is 2.00 e. The van der Waals surface area contributed by atoms with Crippen LogP contribution < -0.4 is 0 Å². The third-order valence-corrected chi connectivity index (χ3v) is 7.10. The number of hydrogen-bond acceptors (Lipinski definition) is 8. The molecule has 0 spiro atoms. The molecular weight excluding hydrogens is 670 g/mol. The Kier molecular flexibility index (Phi) is 9.86. The molecule has 0 radical (unpaired) electrons. The van der Waals surface area contributed by atoms with Crippen LogP contribution in [0.1, 0.15) is 0 Å². The van der Waals surface area contributed by atoms with Gasteiger partial charge in [0.25, 0.3) is 0 Å². The van der Waals surface area contributed by atoms with E-state index in [0.29, 0.717) is 0 Å². The van der Waals surface area contributed by atoms with Gasteiger partial charge >= 0.3 is 19.5 Å². The quantitative estimate of drug-likeness (QED) is 0.101. The maximum Gasteiger partial charge on any atom is 2.00 e. The molecule has 7 aromatic heterocycles. The molecule has 9 rings (SSSR count). The first-order valence-electron chi connectivity index (χ1n) is 14.7. The summed E-state index contributed by atoms with van der Waals surface area (Å²) in [5, 5.41) is 1.98. The summed E-state index contributed by atoms with van der Waals surface area (Å²) in [7, 11) is 0. The molecule has 0 bridgehead atoms. The van der Waals surface area contributed by atoms with E-state index in [2.05, 4.69) is 29.9 Å². The van der Waals surface area contributed by atoms with E-state index < -0.39 is 0 Å². The Labute approximate surface area is 283 Å². The first kappa shape index (κ1) is 31.1. The SMILES string of the molecule is [Ru+2].c1ccc(-c2ccccn2)nc1.c1ccc(-c2ccccn2)nc1.c1ccc2nc3c4cccnc4c4ncccc4c3nc2c1. The molecular formula is C38H26N8Ru+2. The van der Waals surface area contributed by atoms with Crippen LogP contribution in [0.4, 0.5) is 0 Å². The number of aromatic nitrogens is 8. The van der Waals surface area contributed by atoms with E-state index in [1.165, 1.54) is 0 Å². The van der Waals surface area contributed by atoms with Crippen LogP contribution >= 0.6 is 0 Å². The second kappa shape index (κ2) is 14.9. The first-order chi connectivity index (χ1) is 22.8. The van der Waals surface area contributed by atoms with Gasteiger partial charge in [0.15, 0.2) is 0 Å². The van der Waals surface area contributed by atoms with E-state index in [1.807, 2.05) is 121 Å². The van der Waals surface area contributed by atoms with Crippen LogP contribution in [-0.4, -0.2) is 39.9 Å².